The van der Waals surface area contributed by atoms with Crippen LogP contribution in [-0.4, -0.2) is 43.2 Å². The monoisotopic (exact) mass is 455 g/mol. The van der Waals surface area contributed by atoms with E-state index in [0.29, 0.717) is 31.6 Å². The number of carbonyl (C=O) groups excluding carboxylic acids is 1. The zero-order chi connectivity index (χ0) is 21.8. The maximum Gasteiger partial charge on any atom is 0.251 e. The number of nitrogens with zero attached hydrogens (tertiary/aromatic N) is 2. The molecule has 3 aromatic rings. The van der Waals surface area contributed by atoms with E-state index in [1.54, 1.807) is 29.5 Å². The van der Waals surface area contributed by atoms with Crippen LogP contribution in [0.1, 0.15) is 33.8 Å². The predicted octanol–water partition coefficient (Wildman–Crippen LogP) is 3.88. The second-order valence-corrected chi connectivity index (χ2v) is 10.6. The van der Waals surface area contributed by atoms with Crippen LogP contribution in [0.4, 0.5) is 0 Å². The first kappa shape index (κ1) is 21.7. The molecule has 31 heavy (non-hydrogen) atoms. The molecule has 6 nitrogen and oxygen atoms in total. The fourth-order valence-corrected chi connectivity index (χ4v) is 5.82. The minimum Gasteiger partial charge on any atom is -0.352 e. The number of sulfonamides is 1. The summed E-state index contributed by atoms with van der Waals surface area (Å²) in [4.78, 5) is 17.2. The zero-order valence-corrected chi connectivity index (χ0v) is 19.0. The van der Waals surface area contributed by atoms with Gasteiger partial charge in [0.15, 0.2) is 0 Å². The summed E-state index contributed by atoms with van der Waals surface area (Å²) in [6, 6.07) is 14.4. The summed E-state index contributed by atoms with van der Waals surface area (Å²) in [6.07, 6.45) is 2.45. The molecule has 1 amide bonds. The van der Waals surface area contributed by atoms with Crippen LogP contribution in [0.3, 0.4) is 0 Å². The van der Waals surface area contributed by atoms with Gasteiger partial charge in [-0.15, -0.1) is 11.3 Å². The van der Waals surface area contributed by atoms with Crippen LogP contribution in [0.2, 0.25) is 0 Å². The minimum atomic E-state index is -3.53. The summed E-state index contributed by atoms with van der Waals surface area (Å²) < 4.78 is 26.9. The Hall–Kier alpha value is -2.55. The number of hydrogen-bond donors (Lipinski definition) is 1. The molecule has 0 saturated carbocycles. The number of aryl methyl sites for hydroxylation is 1. The van der Waals surface area contributed by atoms with Crippen molar-refractivity contribution < 1.29 is 13.2 Å². The van der Waals surface area contributed by atoms with E-state index in [9.17, 15) is 13.2 Å². The number of benzene rings is 2. The third kappa shape index (κ3) is 5.03. The first-order valence-electron chi connectivity index (χ1n) is 10.3. The normalized spacial score (nSPS) is 14.6. The molecule has 0 atom stereocenters. The predicted molar refractivity (Wildman–Crippen MR) is 123 cm³/mol. The fourth-order valence-electron chi connectivity index (χ4n) is 3.64. The van der Waals surface area contributed by atoms with E-state index in [2.05, 4.69) is 10.3 Å². The Kier molecular flexibility index (Phi) is 6.50. The molecule has 1 aliphatic heterocycles. The summed E-state index contributed by atoms with van der Waals surface area (Å²) in [5.41, 5.74) is 3.52. The van der Waals surface area contributed by atoms with Gasteiger partial charge >= 0.3 is 0 Å². The van der Waals surface area contributed by atoms with Gasteiger partial charge in [-0.25, -0.2) is 13.4 Å². The molecule has 2 aromatic carbocycles. The maximum atomic E-state index is 12.7. The fraction of sp³-hybridized carbons (Fsp3) is 0.304. The molecule has 0 aliphatic carbocycles. The molecule has 1 aliphatic rings. The van der Waals surface area contributed by atoms with E-state index in [0.717, 1.165) is 34.7 Å². The number of carbonyl (C=O) groups is 1. The van der Waals surface area contributed by atoms with Crippen LogP contribution >= 0.6 is 11.3 Å². The number of thiazole rings is 1. The van der Waals surface area contributed by atoms with Crippen molar-refractivity contribution in [3.63, 3.8) is 0 Å². The van der Waals surface area contributed by atoms with Crippen LogP contribution in [0.5, 0.6) is 0 Å². The highest BCUT2D eigenvalue weighted by molar-refractivity contribution is 7.89. The number of hydrogen-bond acceptors (Lipinski definition) is 5. The molecular formula is C23H25N3O3S2. The Bertz CT molecular complexity index is 1160. The topological polar surface area (TPSA) is 79.4 Å². The zero-order valence-electron chi connectivity index (χ0n) is 17.4. The van der Waals surface area contributed by atoms with Crippen LogP contribution in [0.25, 0.3) is 11.3 Å². The lowest BCUT2D eigenvalue weighted by molar-refractivity contribution is 0.0954. The molecule has 1 aromatic heterocycles. The molecule has 4 rings (SSSR count). The molecule has 1 fully saturated rings. The van der Waals surface area contributed by atoms with Gasteiger partial charge in [0.1, 0.15) is 0 Å². The van der Waals surface area contributed by atoms with Gasteiger partial charge in [0.2, 0.25) is 10.0 Å². The van der Waals surface area contributed by atoms with E-state index >= 15 is 0 Å². The standard InChI is InChI=1S/C23H25N3O3S2/c1-17-25-22(16-30-17)19-9-7-18(8-10-19)11-12-24-23(27)20-5-4-6-21(15-20)31(28,29)26-13-2-3-14-26/h4-10,15-16H,2-3,11-14H2,1H3,(H,24,27). The average molecular weight is 456 g/mol. The third-order valence-electron chi connectivity index (χ3n) is 5.37. The van der Waals surface area contributed by atoms with E-state index in [4.69, 9.17) is 0 Å². The van der Waals surface area contributed by atoms with Crippen molar-refractivity contribution >= 4 is 27.3 Å². The molecule has 1 saturated heterocycles. The van der Waals surface area contributed by atoms with Crippen molar-refractivity contribution in [2.45, 2.75) is 31.1 Å². The Morgan fingerprint density at radius 1 is 1.13 bits per heavy atom. The van der Waals surface area contributed by atoms with Crippen molar-refractivity contribution in [3.8, 4) is 11.3 Å². The van der Waals surface area contributed by atoms with Gasteiger partial charge in [-0.2, -0.15) is 4.31 Å². The Labute approximate surface area is 187 Å². The maximum absolute atomic E-state index is 12.7. The second-order valence-electron chi connectivity index (χ2n) is 7.59. The summed E-state index contributed by atoms with van der Waals surface area (Å²) in [6.45, 7) is 3.54. The van der Waals surface area contributed by atoms with Gasteiger partial charge in [-0.05, 0) is 49.9 Å². The smallest absolute Gasteiger partial charge is 0.251 e. The number of amides is 1. The molecule has 0 bridgehead atoms. The van der Waals surface area contributed by atoms with Crippen LogP contribution in [0, 0.1) is 6.92 Å². The minimum absolute atomic E-state index is 0.176. The summed E-state index contributed by atoms with van der Waals surface area (Å²) in [7, 11) is -3.53. The molecule has 8 heteroatoms. The number of nitrogens with one attached hydrogen (secondary N) is 1. The van der Waals surface area contributed by atoms with Crippen molar-refractivity contribution in [2.24, 2.45) is 0 Å². The summed E-state index contributed by atoms with van der Waals surface area (Å²) in [5.74, 6) is -0.270. The van der Waals surface area contributed by atoms with Gasteiger partial charge in [0.05, 0.1) is 15.6 Å². The Morgan fingerprint density at radius 2 is 1.87 bits per heavy atom. The van der Waals surface area contributed by atoms with E-state index in [1.807, 2.05) is 36.6 Å². The highest BCUT2D eigenvalue weighted by atomic mass is 32.2. The van der Waals surface area contributed by atoms with Crippen LogP contribution in [0.15, 0.2) is 58.8 Å². The van der Waals surface area contributed by atoms with Crippen LogP contribution in [-0.2, 0) is 16.4 Å². The van der Waals surface area contributed by atoms with E-state index in [-0.39, 0.29) is 10.8 Å². The highest BCUT2D eigenvalue weighted by Gasteiger charge is 2.27. The van der Waals surface area contributed by atoms with Crippen molar-refractivity contribution in [1.29, 1.82) is 0 Å². The van der Waals surface area contributed by atoms with E-state index in [1.165, 1.54) is 10.4 Å². The Morgan fingerprint density at radius 3 is 2.55 bits per heavy atom. The lowest BCUT2D eigenvalue weighted by Crippen LogP contribution is -2.29. The van der Waals surface area contributed by atoms with Gasteiger partial charge in [-0.3, -0.25) is 4.79 Å². The average Bonchev–Trinajstić information content (AvgIpc) is 3.47. The molecule has 2 heterocycles. The molecule has 0 spiro atoms. The summed E-state index contributed by atoms with van der Waals surface area (Å²) in [5, 5.41) is 5.97. The van der Waals surface area contributed by atoms with Crippen molar-refractivity contribution in [2.75, 3.05) is 19.6 Å². The van der Waals surface area contributed by atoms with Crippen LogP contribution < -0.4 is 5.32 Å². The first-order chi connectivity index (χ1) is 14.9. The quantitative estimate of drug-likeness (QED) is 0.586. The van der Waals surface area contributed by atoms with E-state index < -0.39 is 10.0 Å². The number of aromatic nitrogens is 1. The molecular weight excluding hydrogens is 430 g/mol. The Balaban J connectivity index is 1.35. The van der Waals surface area contributed by atoms with Gasteiger partial charge < -0.3 is 5.32 Å². The largest absolute Gasteiger partial charge is 0.352 e. The third-order valence-corrected chi connectivity index (χ3v) is 8.04. The lowest BCUT2D eigenvalue weighted by Gasteiger charge is -2.16. The first-order valence-corrected chi connectivity index (χ1v) is 12.7. The molecule has 0 unspecified atom stereocenters. The van der Waals surface area contributed by atoms with Gasteiger partial charge in [0, 0.05) is 36.1 Å². The molecule has 0 radical (unpaired) electrons. The molecule has 162 valence electrons. The van der Waals surface area contributed by atoms with Crippen molar-refractivity contribution in [1.82, 2.24) is 14.6 Å². The second kappa shape index (κ2) is 9.30. The highest BCUT2D eigenvalue weighted by Crippen LogP contribution is 2.23. The SMILES string of the molecule is Cc1nc(-c2ccc(CCNC(=O)c3cccc(S(=O)(=O)N4CCCC4)c3)cc2)cs1. The summed E-state index contributed by atoms with van der Waals surface area (Å²) >= 11 is 1.63. The molecule has 1 N–H and O–H groups in total. The number of rotatable bonds is 7. The van der Waals surface area contributed by atoms with Gasteiger partial charge in [-0.1, -0.05) is 30.3 Å². The van der Waals surface area contributed by atoms with Crippen molar-refractivity contribution in [3.05, 3.63) is 70.0 Å². The lowest BCUT2D eigenvalue weighted by atomic mass is 10.1. The van der Waals surface area contributed by atoms with Gasteiger partial charge in [0.25, 0.3) is 5.91 Å².